The van der Waals surface area contributed by atoms with Crippen LogP contribution in [0.1, 0.15) is 32.3 Å². The topological polar surface area (TPSA) is 15.3 Å². The molecule has 114 valence electrons. The zero-order valence-electron chi connectivity index (χ0n) is 13.1. The van der Waals surface area contributed by atoms with Crippen molar-refractivity contribution >= 4 is 27.5 Å². The Morgan fingerprint density at radius 2 is 1.90 bits per heavy atom. The van der Waals surface area contributed by atoms with Gasteiger partial charge in [-0.2, -0.15) is 0 Å². The second-order valence-electron chi connectivity index (χ2n) is 5.49. The summed E-state index contributed by atoms with van der Waals surface area (Å²) in [5, 5.41) is 4.34. The van der Waals surface area contributed by atoms with E-state index in [1.54, 1.807) is 0 Å². The van der Waals surface area contributed by atoms with Gasteiger partial charge in [-0.05, 0) is 58.1 Å². The number of halogens is 2. The molecule has 0 amide bonds. The summed E-state index contributed by atoms with van der Waals surface area (Å²) in [7, 11) is 6.38. The molecule has 0 aliphatic heterocycles. The summed E-state index contributed by atoms with van der Waals surface area (Å²) < 4.78 is 1.03. The van der Waals surface area contributed by atoms with Crippen LogP contribution in [0.2, 0.25) is 5.02 Å². The Hall–Kier alpha value is -0.0900. The van der Waals surface area contributed by atoms with Crippen LogP contribution < -0.4 is 5.32 Å². The van der Waals surface area contributed by atoms with Gasteiger partial charge in [0.2, 0.25) is 0 Å². The Kier molecular flexibility index (Phi) is 6.99. The van der Waals surface area contributed by atoms with E-state index in [0.717, 1.165) is 28.8 Å². The molecule has 2 nitrogen and oxygen atoms in total. The van der Waals surface area contributed by atoms with E-state index in [9.17, 15) is 0 Å². The van der Waals surface area contributed by atoms with Gasteiger partial charge < -0.3 is 10.2 Å². The molecule has 0 saturated heterocycles. The van der Waals surface area contributed by atoms with E-state index >= 15 is 0 Å². The number of benzene rings is 1. The highest BCUT2D eigenvalue weighted by atomic mass is 79.9. The molecule has 0 heterocycles. The minimum atomic E-state index is 0.144. The lowest BCUT2D eigenvalue weighted by molar-refractivity contribution is 0.0918. The average molecular weight is 362 g/mol. The van der Waals surface area contributed by atoms with Gasteiger partial charge in [0.25, 0.3) is 0 Å². The quantitative estimate of drug-likeness (QED) is 0.776. The molecule has 0 bridgehead atoms. The first kappa shape index (κ1) is 18.0. The van der Waals surface area contributed by atoms with E-state index in [0.29, 0.717) is 6.04 Å². The van der Waals surface area contributed by atoms with Gasteiger partial charge in [-0.1, -0.05) is 47.4 Å². The molecule has 0 fully saturated rings. The maximum atomic E-state index is 6.38. The monoisotopic (exact) mass is 360 g/mol. The Bertz CT molecular complexity index is 430. The third kappa shape index (κ3) is 3.76. The molecule has 1 N–H and O–H groups in total. The van der Waals surface area contributed by atoms with Crippen LogP contribution in [0, 0.1) is 0 Å². The van der Waals surface area contributed by atoms with Crippen molar-refractivity contribution in [3.8, 4) is 0 Å². The molecule has 1 aromatic rings. The molecular formula is C16H26BrClN2. The lowest BCUT2D eigenvalue weighted by atomic mass is 9.80. The second kappa shape index (κ2) is 7.79. The van der Waals surface area contributed by atoms with E-state index in [4.69, 9.17) is 11.6 Å². The van der Waals surface area contributed by atoms with Crippen molar-refractivity contribution < 1.29 is 0 Å². The van der Waals surface area contributed by atoms with Crippen LogP contribution in [0.5, 0.6) is 0 Å². The summed E-state index contributed by atoms with van der Waals surface area (Å²) in [5.41, 5.74) is 1.34. The van der Waals surface area contributed by atoms with Crippen LogP contribution in [-0.4, -0.2) is 37.6 Å². The molecule has 1 unspecified atom stereocenters. The SMILES string of the molecule is CCC(CC)(C(Cc1ccc(Br)cc1Cl)NC)N(C)C. The average Bonchev–Trinajstić information content (AvgIpc) is 2.41. The molecule has 4 heteroatoms. The highest BCUT2D eigenvalue weighted by Crippen LogP contribution is 2.30. The molecule has 0 aromatic heterocycles. The largest absolute Gasteiger partial charge is 0.315 e. The maximum absolute atomic E-state index is 6.38. The molecule has 0 saturated carbocycles. The third-order valence-electron chi connectivity index (χ3n) is 4.55. The van der Waals surface area contributed by atoms with Gasteiger partial charge in [-0.3, -0.25) is 0 Å². The van der Waals surface area contributed by atoms with Crippen molar-refractivity contribution in [3.05, 3.63) is 33.3 Å². The highest BCUT2D eigenvalue weighted by molar-refractivity contribution is 9.10. The predicted molar refractivity (Wildman–Crippen MR) is 92.7 cm³/mol. The van der Waals surface area contributed by atoms with Crippen LogP contribution >= 0.6 is 27.5 Å². The van der Waals surface area contributed by atoms with Crippen LogP contribution in [0.3, 0.4) is 0 Å². The van der Waals surface area contributed by atoms with Crippen molar-refractivity contribution in [3.63, 3.8) is 0 Å². The fourth-order valence-electron chi connectivity index (χ4n) is 3.15. The van der Waals surface area contributed by atoms with E-state index in [2.05, 4.69) is 66.2 Å². The van der Waals surface area contributed by atoms with E-state index in [-0.39, 0.29) is 5.54 Å². The van der Waals surface area contributed by atoms with Crippen LogP contribution in [0.4, 0.5) is 0 Å². The molecule has 0 aliphatic carbocycles. The van der Waals surface area contributed by atoms with Gasteiger partial charge in [0.05, 0.1) is 0 Å². The van der Waals surface area contributed by atoms with Crippen molar-refractivity contribution in [1.82, 2.24) is 10.2 Å². The van der Waals surface area contributed by atoms with Gasteiger partial charge in [0.15, 0.2) is 0 Å². The molecule has 0 aliphatic rings. The van der Waals surface area contributed by atoms with Gasteiger partial charge >= 0.3 is 0 Å². The fraction of sp³-hybridized carbons (Fsp3) is 0.625. The third-order valence-corrected chi connectivity index (χ3v) is 5.40. The number of hydrogen-bond acceptors (Lipinski definition) is 2. The second-order valence-corrected chi connectivity index (χ2v) is 6.81. The van der Waals surface area contributed by atoms with Crippen LogP contribution in [0.15, 0.2) is 22.7 Å². The first-order chi connectivity index (χ1) is 9.41. The molecule has 1 atom stereocenters. The van der Waals surface area contributed by atoms with Gasteiger partial charge in [0.1, 0.15) is 0 Å². The molecule has 1 aromatic carbocycles. The lowest BCUT2D eigenvalue weighted by Crippen LogP contribution is -2.58. The fourth-order valence-corrected chi connectivity index (χ4v) is 3.91. The molecular weight excluding hydrogens is 336 g/mol. The van der Waals surface area contributed by atoms with E-state index < -0.39 is 0 Å². The Morgan fingerprint density at radius 1 is 1.30 bits per heavy atom. The summed E-state index contributed by atoms with van der Waals surface area (Å²) in [6.07, 6.45) is 3.15. The highest BCUT2D eigenvalue weighted by Gasteiger charge is 2.37. The minimum absolute atomic E-state index is 0.144. The van der Waals surface area contributed by atoms with Gasteiger partial charge in [-0.25, -0.2) is 0 Å². The summed E-state index contributed by atoms with van der Waals surface area (Å²) >= 11 is 9.84. The van der Waals surface area contributed by atoms with Crippen molar-refractivity contribution in [2.24, 2.45) is 0 Å². The molecule has 0 radical (unpaired) electrons. The van der Waals surface area contributed by atoms with Crippen LogP contribution in [0.25, 0.3) is 0 Å². The van der Waals surface area contributed by atoms with Crippen molar-refractivity contribution in [2.45, 2.75) is 44.7 Å². The zero-order chi connectivity index (χ0) is 15.3. The maximum Gasteiger partial charge on any atom is 0.0449 e. The smallest absolute Gasteiger partial charge is 0.0449 e. The van der Waals surface area contributed by atoms with Crippen molar-refractivity contribution in [2.75, 3.05) is 21.1 Å². The summed E-state index contributed by atoms with van der Waals surface area (Å²) in [5.74, 6) is 0. The Labute approximate surface area is 137 Å². The normalized spacial score (nSPS) is 13.8. The standard InChI is InChI=1S/C16H26BrClN2/c1-6-16(7-2,20(4)5)15(19-3)10-12-8-9-13(17)11-14(12)18/h8-9,11,15,19H,6-7,10H2,1-5H3. The van der Waals surface area contributed by atoms with E-state index in [1.807, 2.05) is 13.1 Å². The number of likely N-dealkylation sites (N-methyl/N-ethyl adjacent to an activating group) is 2. The Balaban J connectivity index is 3.06. The molecule has 20 heavy (non-hydrogen) atoms. The first-order valence-corrected chi connectivity index (χ1v) is 8.37. The predicted octanol–water partition coefficient (Wildman–Crippen LogP) is 4.35. The number of rotatable bonds is 7. The molecule has 0 spiro atoms. The lowest BCUT2D eigenvalue weighted by Gasteiger charge is -2.45. The van der Waals surface area contributed by atoms with Crippen LogP contribution in [-0.2, 0) is 6.42 Å². The summed E-state index contributed by atoms with van der Waals surface area (Å²) in [6, 6.07) is 6.51. The number of nitrogens with zero attached hydrogens (tertiary/aromatic N) is 1. The summed E-state index contributed by atoms with van der Waals surface area (Å²) in [4.78, 5) is 2.35. The van der Waals surface area contributed by atoms with E-state index in [1.165, 1.54) is 5.56 Å². The number of nitrogens with one attached hydrogen (secondary N) is 1. The Morgan fingerprint density at radius 3 is 2.30 bits per heavy atom. The van der Waals surface area contributed by atoms with Gasteiger partial charge in [-0.15, -0.1) is 0 Å². The van der Waals surface area contributed by atoms with Gasteiger partial charge in [0, 0.05) is 21.1 Å². The minimum Gasteiger partial charge on any atom is -0.315 e. The van der Waals surface area contributed by atoms with Crippen molar-refractivity contribution in [1.29, 1.82) is 0 Å². The zero-order valence-corrected chi connectivity index (χ0v) is 15.5. The summed E-state index contributed by atoms with van der Waals surface area (Å²) in [6.45, 7) is 4.52. The number of hydrogen-bond donors (Lipinski definition) is 1. The first-order valence-electron chi connectivity index (χ1n) is 7.19. The molecule has 1 rings (SSSR count).